The molecule has 0 aromatic heterocycles. The van der Waals surface area contributed by atoms with Gasteiger partial charge < -0.3 is 5.11 Å². The standard InChI is InChI=1S/C8H5Br2FO2/c9-3-4-1-7(11)6(10)2-5(4)8(12)13/h1-2H,3H2,(H,12,13). The molecule has 1 aromatic carbocycles. The number of benzene rings is 1. The molecular weight excluding hydrogens is 307 g/mol. The predicted octanol–water partition coefficient (Wildman–Crippen LogP) is 3.18. The van der Waals surface area contributed by atoms with Crippen LogP contribution in [0.2, 0.25) is 0 Å². The van der Waals surface area contributed by atoms with Crippen molar-refractivity contribution in [3.05, 3.63) is 33.5 Å². The fourth-order valence-electron chi connectivity index (χ4n) is 0.898. The maximum Gasteiger partial charge on any atom is 0.336 e. The zero-order valence-corrected chi connectivity index (χ0v) is 9.52. The molecule has 1 N–H and O–H groups in total. The molecule has 5 heteroatoms. The first kappa shape index (κ1) is 10.7. The lowest BCUT2D eigenvalue weighted by Gasteiger charge is -2.03. The molecule has 0 saturated heterocycles. The van der Waals surface area contributed by atoms with E-state index in [1.165, 1.54) is 12.1 Å². The molecule has 1 aromatic rings. The topological polar surface area (TPSA) is 37.3 Å². The Bertz CT molecular complexity index is 352. The van der Waals surface area contributed by atoms with E-state index in [1.54, 1.807) is 0 Å². The van der Waals surface area contributed by atoms with E-state index in [1.807, 2.05) is 0 Å². The first-order valence-corrected chi connectivity index (χ1v) is 5.25. The highest BCUT2D eigenvalue weighted by molar-refractivity contribution is 9.10. The average Bonchev–Trinajstić information content (AvgIpc) is 2.08. The summed E-state index contributed by atoms with van der Waals surface area (Å²) in [5.74, 6) is -1.52. The number of hydrogen-bond donors (Lipinski definition) is 1. The summed E-state index contributed by atoms with van der Waals surface area (Å²) in [7, 11) is 0. The zero-order chi connectivity index (χ0) is 10.0. The molecular formula is C8H5Br2FO2. The van der Waals surface area contributed by atoms with Gasteiger partial charge in [-0.25, -0.2) is 9.18 Å². The van der Waals surface area contributed by atoms with Gasteiger partial charge in [0.05, 0.1) is 10.0 Å². The monoisotopic (exact) mass is 310 g/mol. The molecule has 0 aliphatic heterocycles. The molecule has 1 rings (SSSR count). The normalized spacial score (nSPS) is 10.1. The van der Waals surface area contributed by atoms with Crippen LogP contribution in [0, 0.1) is 5.82 Å². The van der Waals surface area contributed by atoms with Crippen molar-refractivity contribution in [2.45, 2.75) is 5.33 Å². The van der Waals surface area contributed by atoms with Crippen LogP contribution in [0.5, 0.6) is 0 Å². The van der Waals surface area contributed by atoms with Gasteiger partial charge in [-0.2, -0.15) is 0 Å². The summed E-state index contributed by atoms with van der Waals surface area (Å²) < 4.78 is 13.1. The number of aromatic carboxylic acids is 1. The number of carboxylic acids is 1. The Morgan fingerprint density at radius 1 is 1.54 bits per heavy atom. The fourth-order valence-corrected chi connectivity index (χ4v) is 1.70. The number of alkyl halides is 1. The summed E-state index contributed by atoms with van der Waals surface area (Å²) >= 11 is 6.01. The van der Waals surface area contributed by atoms with Crippen molar-refractivity contribution >= 4 is 37.8 Å². The summed E-state index contributed by atoms with van der Waals surface area (Å²) in [4.78, 5) is 10.7. The smallest absolute Gasteiger partial charge is 0.336 e. The van der Waals surface area contributed by atoms with Gasteiger partial charge in [-0.1, -0.05) is 15.9 Å². The Morgan fingerprint density at radius 2 is 2.15 bits per heavy atom. The van der Waals surface area contributed by atoms with Crippen LogP contribution in [-0.4, -0.2) is 11.1 Å². The van der Waals surface area contributed by atoms with Gasteiger partial charge in [-0.15, -0.1) is 0 Å². The summed E-state index contributed by atoms with van der Waals surface area (Å²) in [6.45, 7) is 0. The molecule has 0 atom stereocenters. The zero-order valence-electron chi connectivity index (χ0n) is 6.35. The van der Waals surface area contributed by atoms with Crippen LogP contribution in [0.25, 0.3) is 0 Å². The van der Waals surface area contributed by atoms with Crippen molar-refractivity contribution in [2.24, 2.45) is 0 Å². The van der Waals surface area contributed by atoms with Gasteiger partial charge in [-0.3, -0.25) is 0 Å². The van der Waals surface area contributed by atoms with E-state index in [0.717, 1.165) is 0 Å². The van der Waals surface area contributed by atoms with Gasteiger partial charge in [0, 0.05) is 5.33 Å². The van der Waals surface area contributed by atoms with Crippen LogP contribution < -0.4 is 0 Å². The van der Waals surface area contributed by atoms with Crippen molar-refractivity contribution in [1.82, 2.24) is 0 Å². The van der Waals surface area contributed by atoms with Crippen LogP contribution in [0.1, 0.15) is 15.9 Å². The van der Waals surface area contributed by atoms with Gasteiger partial charge in [0.2, 0.25) is 0 Å². The molecule has 70 valence electrons. The lowest BCUT2D eigenvalue weighted by molar-refractivity contribution is 0.0696. The number of rotatable bonds is 2. The lowest BCUT2D eigenvalue weighted by Crippen LogP contribution is -2.02. The third-order valence-corrected chi connectivity index (χ3v) is 2.73. The highest BCUT2D eigenvalue weighted by Crippen LogP contribution is 2.22. The van der Waals surface area contributed by atoms with Gasteiger partial charge in [0.15, 0.2) is 0 Å². The van der Waals surface area contributed by atoms with E-state index < -0.39 is 11.8 Å². The van der Waals surface area contributed by atoms with Crippen molar-refractivity contribution < 1.29 is 14.3 Å². The number of carboxylic acid groups (broad SMARTS) is 1. The van der Waals surface area contributed by atoms with E-state index in [0.29, 0.717) is 10.9 Å². The molecule has 0 spiro atoms. The molecule has 0 fully saturated rings. The average molecular weight is 312 g/mol. The molecule has 0 saturated carbocycles. The van der Waals surface area contributed by atoms with Crippen LogP contribution >= 0.6 is 31.9 Å². The van der Waals surface area contributed by atoms with Gasteiger partial charge in [0.1, 0.15) is 5.82 Å². The van der Waals surface area contributed by atoms with Crippen LogP contribution in [0.15, 0.2) is 16.6 Å². The molecule has 0 aliphatic rings. The Balaban J connectivity index is 3.33. The maximum absolute atomic E-state index is 12.9. The molecule has 0 unspecified atom stereocenters. The minimum atomic E-state index is -1.06. The van der Waals surface area contributed by atoms with Crippen molar-refractivity contribution in [3.8, 4) is 0 Å². The second-order valence-corrected chi connectivity index (χ2v) is 3.78. The molecule has 13 heavy (non-hydrogen) atoms. The molecule has 0 radical (unpaired) electrons. The first-order valence-electron chi connectivity index (χ1n) is 3.33. The van der Waals surface area contributed by atoms with Crippen molar-refractivity contribution in [2.75, 3.05) is 0 Å². The summed E-state index contributed by atoms with van der Waals surface area (Å²) in [5.41, 5.74) is 0.526. The minimum absolute atomic E-state index is 0.102. The quantitative estimate of drug-likeness (QED) is 0.852. The Hall–Kier alpha value is -0.420. The summed E-state index contributed by atoms with van der Waals surface area (Å²) in [5, 5.41) is 9.07. The minimum Gasteiger partial charge on any atom is -0.478 e. The molecule has 2 nitrogen and oxygen atoms in total. The predicted molar refractivity (Wildman–Crippen MR) is 53.7 cm³/mol. The maximum atomic E-state index is 12.9. The number of halogens is 3. The Kier molecular flexibility index (Phi) is 3.44. The van der Waals surface area contributed by atoms with E-state index in [2.05, 4.69) is 31.9 Å². The molecule has 0 heterocycles. The van der Waals surface area contributed by atoms with Crippen LogP contribution in [0.4, 0.5) is 4.39 Å². The van der Waals surface area contributed by atoms with E-state index >= 15 is 0 Å². The number of carbonyl (C=O) groups is 1. The second-order valence-electron chi connectivity index (χ2n) is 2.36. The second kappa shape index (κ2) is 4.19. The van der Waals surface area contributed by atoms with Crippen molar-refractivity contribution in [1.29, 1.82) is 0 Å². The highest BCUT2D eigenvalue weighted by atomic mass is 79.9. The van der Waals surface area contributed by atoms with Crippen molar-refractivity contribution in [3.63, 3.8) is 0 Å². The van der Waals surface area contributed by atoms with E-state index in [9.17, 15) is 9.18 Å². The first-order chi connectivity index (χ1) is 6.06. The summed E-state index contributed by atoms with van der Waals surface area (Å²) in [6, 6.07) is 2.45. The van der Waals surface area contributed by atoms with Gasteiger partial charge >= 0.3 is 5.97 Å². The van der Waals surface area contributed by atoms with Gasteiger partial charge in [-0.05, 0) is 33.6 Å². The third kappa shape index (κ3) is 2.28. The SMILES string of the molecule is O=C(O)c1cc(Br)c(F)cc1CBr. The molecule has 0 bridgehead atoms. The largest absolute Gasteiger partial charge is 0.478 e. The Morgan fingerprint density at radius 3 is 2.62 bits per heavy atom. The highest BCUT2D eigenvalue weighted by Gasteiger charge is 2.12. The van der Waals surface area contributed by atoms with E-state index in [-0.39, 0.29) is 10.0 Å². The van der Waals surface area contributed by atoms with Crippen LogP contribution in [0.3, 0.4) is 0 Å². The lowest BCUT2D eigenvalue weighted by atomic mass is 10.1. The fraction of sp³-hybridized carbons (Fsp3) is 0.125. The molecule has 0 aliphatic carbocycles. The van der Waals surface area contributed by atoms with Crippen LogP contribution in [-0.2, 0) is 5.33 Å². The molecule has 0 amide bonds. The Labute approximate surface area is 91.0 Å². The number of hydrogen-bond acceptors (Lipinski definition) is 1. The van der Waals surface area contributed by atoms with Gasteiger partial charge in [0.25, 0.3) is 0 Å². The third-order valence-electron chi connectivity index (χ3n) is 1.52. The summed E-state index contributed by atoms with van der Waals surface area (Å²) in [6.07, 6.45) is 0. The van der Waals surface area contributed by atoms with E-state index in [4.69, 9.17) is 5.11 Å².